The first-order valence-electron chi connectivity index (χ1n) is 9.15. The Kier molecular flexibility index (Phi) is 8.29. The molecule has 1 heterocycles. The molecule has 0 spiro atoms. The first-order valence-corrected chi connectivity index (χ1v) is 9.53. The zero-order valence-electron chi connectivity index (χ0n) is 15.1. The summed E-state index contributed by atoms with van der Waals surface area (Å²) in [6.45, 7) is 5.63. The second kappa shape index (κ2) is 9.97. The van der Waals surface area contributed by atoms with Crippen LogP contribution in [-0.2, 0) is 5.41 Å². The van der Waals surface area contributed by atoms with E-state index in [2.05, 4.69) is 32.7 Å². The Labute approximate surface area is 173 Å². The zero-order chi connectivity index (χ0) is 16.8. The second-order valence-electron chi connectivity index (χ2n) is 7.05. The maximum atomic E-state index is 6.15. The Morgan fingerprint density at radius 2 is 2.00 bits per heavy atom. The van der Waals surface area contributed by atoms with Gasteiger partial charge in [0.15, 0.2) is 5.96 Å². The van der Waals surface area contributed by atoms with Crippen LogP contribution < -0.4 is 10.6 Å². The fraction of sp³-hybridized carbons (Fsp3) is 0.632. The molecule has 1 saturated carbocycles. The SMILES string of the molecule is CN=C(NCCCN1CCCC1)NCC1(c2cccc(Cl)c2)CC1.I. The van der Waals surface area contributed by atoms with Crippen LogP contribution in [0.3, 0.4) is 0 Å². The van der Waals surface area contributed by atoms with E-state index < -0.39 is 0 Å². The lowest BCUT2D eigenvalue weighted by Crippen LogP contribution is -2.42. The molecule has 0 bridgehead atoms. The predicted octanol–water partition coefficient (Wildman–Crippen LogP) is 3.64. The van der Waals surface area contributed by atoms with E-state index in [1.165, 1.54) is 57.3 Å². The summed E-state index contributed by atoms with van der Waals surface area (Å²) in [6.07, 6.45) is 6.32. The van der Waals surface area contributed by atoms with E-state index in [4.69, 9.17) is 11.6 Å². The average Bonchev–Trinajstić information content (AvgIpc) is 3.21. The Morgan fingerprint density at radius 1 is 1.24 bits per heavy atom. The van der Waals surface area contributed by atoms with Gasteiger partial charge in [-0.3, -0.25) is 4.99 Å². The summed E-state index contributed by atoms with van der Waals surface area (Å²) in [5.74, 6) is 0.907. The molecular weight excluding hydrogens is 447 g/mol. The van der Waals surface area contributed by atoms with Crippen LogP contribution in [-0.4, -0.2) is 50.6 Å². The molecule has 4 nitrogen and oxygen atoms in total. The third-order valence-corrected chi connectivity index (χ3v) is 5.49. The highest BCUT2D eigenvalue weighted by atomic mass is 127. The van der Waals surface area contributed by atoms with Crippen LogP contribution in [0.2, 0.25) is 5.02 Å². The number of benzene rings is 1. The molecule has 140 valence electrons. The molecule has 1 aromatic rings. The number of aliphatic imine (C=N–C) groups is 1. The number of hydrogen-bond donors (Lipinski definition) is 2. The van der Waals surface area contributed by atoms with E-state index in [1.807, 2.05) is 19.2 Å². The molecule has 2 aliphatic rings. The van der Waals surface area contributed by atoms with Gasteiger partial charge >= 0.3 is 0 Å². The van der Waals surface area contributed by atoms with E-state index >= 15 is 0 Å². The first-order chi connectivity index (χ1) is 11.7. The minimum Gasteiger partial charge on any atom is -0.356 e. The van der Waals surface area contributed by atoms with Crippen LogP contribution in [0.5, 0.6) is 0 Å². The molecule has 1 aliphatic heterocycles. The molecular formula is C19H30ClIN4. The van der Waals surface area contributed by atoms with Gasteiger partial charge in [0.1, 0.15) is 0 Å². The highest BCUT2D eigenvalue weighted by Gasteiger charge is 2.44. The standard InChI is InChI=1S/C19H29ClN4.HI/c1-21-18(22-10-5-13-24-11-2-3-12-24)23-15-19(8-9-19)16-6-4-7-17(20)14-16;/h4,6-7,14H,2-3,5,8-13,15H2,1H3,(H2,21,22,23);1H. The zero-order valence-corrected chi connectivity index (χ0v) is 18.1. The van der Waals surface area contributed by atoms with Gasteiger partial charge in [0.25, 0.3) is 0 Å². The minimum absolute atomic E-state index is 0. The van der Waals surface area contributed by atoms with E-state index in [0.29, 0.717) is 0 Å². The van der Waals surface area contributed by atoms with Crippen molar-refractivity contribution in [1.82, 2.24) is 15.5 Å². The Bertz CT molecular complexity index is 568. The maximum Gasteiger partial charge on any atom is 0.191 e. The molecule has 2 N–H and O–H groups in total. The van der Waals surface area contributed by atoms with Gasteiger partial charge in [-0.1, -0.05) is 23.7 Å². The molecule has 0 aromatic heterocycles. The fourth-order valence-electron chi connectivity index (χ4n) is 3.53. The Hall–Kier alpha value is -0.530. The lowest BCUT2D eigenvalue weighted by molar-refractivity contribution is 0.334. The fourth-order valence-corrected chi connectivity index (χ4v) is 3.72. The third kappa shape index (κ3) is 6.00. The topological polar surface area (TPSA) is 39.7 Å². The number of nitrogens with zero attached hydrogens (tertiary/aromatic N) is 2. The van der Waals surface area contributed by atoms with Gasteiger partial charge in [0.2, 0.25) is 0 Å². The van der Waals surface area contributed by atoms with Gasteiger partial charge in [-0.2, -0.15) is 0 Å². The van der Waals surface area contributed by atoms with E-state index in [1.54, 1.807) is 0 Å². The van der Waals surface area contributed by atoms with Gasteiger partial charge in [0.05, 0.1) is 0 Å². The number of likely N-dealkylation sites (tertiary alicyclic amines) is 1. The molecule has 1 aliphatic carbocycles. The normalized spacial score (nSPS) is 19.4. The number of hydrogen-bond acceptors (Lipinski definition) is 2. The van der Waals surface area contributed by atoms with Crippen LogP contribution in [0.4, 0.5) is 0 Å². The van der Waals surface area contributed by atoms with Crippen molar-refractivity contribution >= 4 is 41.5 Å². The van der Waals surface area contributed by atoms with Gasteiger partial charge in [-0.25, -0.2) is 0 Å². The molecule has 3 rings (SSSR count). The Morgan fingerprint density at radius 3 is 2.64 bits per heavy atom. The van der Waals surface area contributed by atoms with Gasteiger partial charge in [-0.05, 0) is 69.4 Å². The summed E-state index contributed by atoms with van der Waals surface area (Å²) in [5, 5.41) is 7.77. The molecule has 25 heavy (non-hydrogen) atoms. The molecule has 0 unspecified atom stereocenters. The number of halogens is 2. The van der Waals surface area contributed by atoms with Crippen LogP contribution in [0.1, 0.15) is 37.7 Å². The number of nitrogens with one attached hydrogen (secondary N) is 2. The summed E-state index contributed by atoms with van der Waals surface area (Å²) in [5.41, 5.74) is 1.57. The van der Waals surface area contributed by atoms with Crippen molar-refractivity contribution in [3.63, 3.8) is 0 Å². The highest BCUT2D eigenvalue weighted by molar-refractivity contribution is 14.0. The van der Waals surface area contributed by atoms with Crippen molar-refractivity contribution < 1.29 is 0 Å². The Balaban J connectivity index is 0.00000225. The van der Waals surface area contributed by atoms with Gasteiger partial charge in [-0.15, -0.1) is 24.0 Å². The summed E-state index contributed by atoms with van der Waals surface area (Å²) >= 11 is 6.15. The summed E-state index contributed by atoms with van der Waals surface area (Å²) in [6, 6.07) is 8.27. The van der Waals surface area contributed by atoms with Crippen LogP contribution in [0.15, 0.2) is 29.3 Å². The lowest BCUT2D eigenvalue weighted by atomic mass is 9.96. The van der Waals surface area contributed by atoms with E-state index in [9.17, 15) is 0 Å². The predicted molar refractivity (Wildman–Crippen MR) is 117 cm³/mol. The molecule has 2 fully saturated rings. The lowest BCUT2D eigenvalue weighted by Gasteiger charge is -2.20. The van der Waals surface area contributed by atoms with Gasteiger partial charge < -0.3 is 15.5 Å². The quantitative estimate of drug-likeness (QED) is 0.273. The summed E-state index contributed by atoms with van der Waals surface area (Å²) < 4.78 is 0. The summed E-state index contributed by atoms with van der Waals surface area (Å²) in [4.78, 5) is 6.91. The summed E-state index contributed by atoms with van der Waals surface area (Å²) in [7, 11) is 1.84. The third-order valence-electron chi connectivity index (χ3n) is 5.25. The monoisotopic (exact) mass is 476 g/mol. The van der Waals surface area contributed by atoms with Crippen molar-refractivity contribution in [2.24, 2.45) is 4.99 Å². The maximum absolute atomic E-state index is 6.15. The molecule has 1 aromatic carbocycles. The largest absolute Gasteiger partial charge is 0.356 e. The highest BCUT2D eigenvalue weighted by Crippen LogP contribution is 2.48. The average molecular weight is 477 g/mol. The number of guanidine groups is 1. The molecule has 0 atom stereocenters. The molecule has 0 amide bonds. The van der Waals surface area contributed by atoms with Crippen molar-refractivity contribution in [1.29, 1.82) is 0 Å². The molecule has 0 radical (unpaired) electrons. The molecule has 1 saturated heterocycles. The minimum atomic E-state index is 0. The van der Waals surface area contributed by atoms with E-state index in [0.717, 1.165) is 24.1 Å². The van der Waals surface area contributed by atoms with Crippen molar-refractivity contribution in [2.45, 2.75) is 37.5 Å². The van der Waals surface area contributed by atoms with Crippen molar-refractivity contribution in [3.05, 3.63) is 34.9 Å². The van der Waals surface area contributed by atoms with Crippen molar-refractivity contribution in [3.8, 4) is 0 Å². The van der Waals surface area contributed by atoms with Crippen LogP contribution in [0.25, 0.3) is 0 Å². The van der Waals surface area contributed by atoms with E-state index in [-0.39, 0.29) is 29.4 Å². The van der Waals surface area contributed by atoms with Crippen molar-refractivity contribution in [2.75, 3.05) is 39.8 Å². The van der Waals surface area contributed by atoms with Crippen LogP contribution in [0, 0.1) is 0 Å². The van der Waals surface area contributed by atoms with Gasteiger partial charge in [0, 0.05) is 30.6 Å². The smallest absolute Gasteiger partial charge is 0.191 e. The first kappa shape index (κ1) is 20.8. The molecule has 6 heteroatoms. The number of rotatable bonds is 7. The van der Waals surface area contributed by atoms with Crippen LogP contribution >= 0.6 is 35.6 Å². The second-order valence-corrected chi connectivity index (χ2v) is 7.48.